The molecule has 2 rings (SSSR count). The summed E-state index contributed by atoms with van der Waals surface area (Å²) in [5.41, 5.74) is 7.03. The van der Waals surface area contributed by atoms with Crippen LogP contribution in [0.1, 0.15) is 55.8 Å². The van der Waals surface area contributed by atoms with Crippen molar-refractivity contribution in [2.24, 2.45) is 0 Å². The van der Waals surface area contributed by atoms with Gasteiger partial charge in [-0.1, -0.05) is 12.8 Å². The van der Waals surface area contributed by atoms with E-state index in [-0.39, 0.29) is 12.0 Å². The number of ether oxygens (including phenoxy) is 1. The minimum atomic E-state index is -0.101. The van der Waals surface area contributed by atoms with Crippen molar-refractivity contribution >= 4 is 11.6 Å². The van der Waals surface area contributed by atoms with Gasteiger partial charge in [-0.15, -0.1) is 0 Å². The summed E-state index contributed by atoms with van der Waals surface area (Å²) >= 11 is 0. The van der Waals surface area contributed by atoms with E-state index < -0.39 is 0 Å². The molecule has 1 fully saturated rings. The maximum Gasteiger partial charge on any atom is 0.255 e. The maximum atomic E-state index is 12.1. The van der Waals surface area contributed by atoms with E-state index in [4.69, 9.17) is 10.5 Å². The van der Waals surface area contributed by atoms with Crippen molar-refractivity contribution in [3.05, 3.63) is 23.8 Å². The number of nitrogen functional groups attached to an aromatic ring is 1. The molecule has 0 unspecified atom stereocenters. The van der Waals surface area contributed by atoms with E-state index in [0.717, 1.165) is 12.8 Å². The lowest BCUT2D eigenvalue weighted by atomic mass is 10.1. The highest BCUT2D eigenvalue weighted by Crippen LogP contribution is 2.27. The minimum absolute atomic E-state index is 0.101. The third-order valence-corrected chi connectivity index (χ3v) is 3.68. The molecule has 3 N–H and O–H groups in total. The molecule has 0 spiro atoms. The molecule has 1 amide bonds. The van der Waals surface area contributed by atoms with E-state index in [1.165, 1.54) is 25.7 Å². The molecular formula is C16H24N2O2. The lowest BCUT2D eigenvalue weighted by Gasteiger charge is -2.19. The Kier molecular flexibility index (Phi) is 5.27. The Morgan fingerprint density at radius 1 is 1.30 bits per heavy atom. The molecule has 1 aliphatic rings. The molecule has 0 aliphatic heterocycles. The first-order valence-electron chi connectivity index (χ1n) is 7.55. The highest BCUT2D eigenvalue weighted by molar-refractivity contribution is 5.97. The number of hydrogen-bond acceptors (Lipinski definition) is 3. The molecule has 1 aromatic rings. The zero-order valence-corrected chi connectivity index (χ0v) is 12.2. The minimum Gasteiger partial charge on any atom is -0.490 e. The summed E-state index contributed by atoms with van der Waals surface area (Å²) in [4.78, 5) is 12.1. The first-order chi connectivity index (χ1) is 9.70. The van der Waals surface area contributed by atoms with E-state index in [9.17, 15) is 4.79 Å². The smallest absolute Gasteiger partial charge is 0.255 e. The van der Waals surface area contributed by atoms with Gasteiger partial charge in [-0.3, -0.25) is 4.79 Å². The van der Waals surface area contributed by atoms with Crippen molar-refractivity contribution in [2.45, 2.75) is 51.6 Å². The summed E-state index contributed by atoms with van der Waals surface area (Å²) in [5, 5.41) is 2.81. The Hall–Kier alpha value is -1.71. The van der Waals surface area contributed by atoms with Crippen LogP contribution in [0.4, 0.5) is 5.69 Å². The van der Waals surface area contributed by atoms with Crippen LogP contribution in [0, 0.1) is 0 Å². The first kappa shape index (κ1) is 14.7. The van der Waals surface area contributed by atoms with Gasteiger partial charge in [0.2, 0.25) is 0 Å². The SMILES string of the molecule is CCNC(=O)c1ccc(N)cc1OC1CCCCCC1. The van der Waals surface area contributed by atoms with Gasteiger partial charge in [-0.05, 0) is 44.7 Å². The van der Waals surface area contributed by atoms with E-state index in [1.807, 2.05) is 6.92 Å². The molecule has 0 radical (unpaired) electrons. The average molecular weight is 276 g/mol. The normalized spacial score (nSPS) is 16.4. The van der Waals surface area contributed by atoms with Crippen LogP contribution in [-0.4, -0.2) is 18.6 Å². The van der Waals surface area contributed by atoms with Crippen molar-refractivity contribution in [1.29, 1.82) is 0 Å². The molecular weight excluding hydrogens is 252 g/mol. The Bertz CT molecular complexity index is 452. The quantitative estimate of drug-likeness (QED) is 0.656. The second kappa shape index (κ2) is 7.17. The van der Waals surface area contributed by atoms with Gasteiger partial charge in [-0.2, -0.15) is 0 Å². The zero-order valence-electron chi connectivity index (χ0n) is 12.2. The molecule has 0 saturated heterocycles. The lowest BCUT2D eigenvalue weighted by molar-refractivity contribution is 0.0947. The fourth-order valence-corrected chi connectivity index (χ4v) is 2.62. The van der Waals surface area contributed by atoms with Gasteiger partial charge in [0.1, 0.15) is 5.75 Å². The summed E-state index contributed by atoms with van der Waals surface area (Å²) in [7, 11) is 0. The largest absolute Gasteiger partial charge is 0.490 e. The molecule has 1 saturated carbocycles. The fourth-order valence-electron chi connectivity index (χ4n) is 2.62. The highest BCUT2D eigenvalue weighted by atomic mass is 16.5. The second-order valence-electron chi connectivity index (χ2n) is 5.35. The van der Waals surface area contributed by atoms with Gasteiger partial charge in [0.25, 0.3) is 5.91 Å². The predicted molar refractivity (Wildman–Crippen MR) is 81.0 cm³/mol. The molecule has 0 atom stereocenters. The summed E-state index contributed by atoms with van der Waals surface area (Å²) in [6.07, 6.45) is 7.27. The Morgan fingerprint density at radius 2 is 2.00 bits per heavy atom. The third kappa shape index (κ3) is 3.89. The van der Waals surface area contributed by atoms with Crippen molar-refractivity contribution in [2.75, 3.05) is 12.3 Å². The molecule has 0 heterocycles. The summed E-state index contributed by atoms with van der Waals surface area (Å²) in [5.74, 6) is 0.513. The van der Waals surface area contributed by atoms with Crippen LogP contribution in [0.3, 0.4) is 0 Å². The molecule has 1 aliphatic carbocycles. The van der Waals surface area contributed by atoms with Crippen LogP contribution < -0.4 is 15.8 Å². The number of hydrogen-bond donors (Lipinski definition) is 2. The molecule has 0 bridgehead atoms. The summed E-state index contributed by atoms with van der Waals surface area (Å²) in [6, 6.07) is 5.24. The fraction of sp³-hybridized carbons (Fsp3) is 0.562. The van der Waals surface area contributed by atoms with Crippen LogP contribution in [0.15, 0.2) is 18.2 Å². The van der Waals surface area contributed by atoms with E-state index in [1.54, 1.807) is 18.2 Å². The van der Waals surface area contributed by atoms with Crippen LogP contribution >= 0.6 is 0 Å². The number of nitrogens with two attached hydrogens (primary N) is 1. The van der Waals surface area contributed by atoms with Crippen molar-refractivity contribution < 1.29 is 9.53 Å². The number of rotatable bonds is 4. The molecule has 1 aromatic carbocycles. The zero-order chi connectivity index (χ0) is 14.4. The second-order valence-corrected chi connectivity index (χ2v) is 5.35. The summed E-state index contributed by atoms with van der Waals surface area (Å²) in [6.45, 7) is 2.51. The number of nitrogens with one attached hydrogen (secondary N) is 1. The molecule has 110 valence electrons. The van der Waals surface area contributed by atoms with Crippen molar-refractivity contribution in [3.8, 4) is 5.75 Å². The monoisotopic (exact) mass is 276 g/mol. The van der Waals surface area contributed by atoms with Crippen LogP contribution in [0.5, 0.6) is 5.75 Å². The standard InChI is InChI=1S/C16H24N2O2/c1-2-18-16(19)14-10-9-12(17)11-15(14)20-13-7-5-3-4-6-8-13/h9-11,13H,2-8,17H2,1H3,(H,18,19). The van der Waals surface area contributed by atoms with E-state index in [2.05, 4.69) is 5.32 Å². The first-order valence-corrected chi connectivity index (χ1v) is 7.55. The van der Waals surface area contributed by atoms with E-state index >= 15 is 0 Å². The lowest BCUT2D eigenvalue weighted by Crippen LogP contribution is -2.25. The summed E-state index contributed by atoms with van der Waals surface area (Å²) < 4.78 is 6.07. The molecule has 4 nitrogen and oxygen atoms in total. The molecule has 4 heteroatoms. The van der Waals surface area contributed by atoms with Gasteiger partial charge in [-0.25, -0.2) is 0 Å². The number of carbonyl (C=O) groups is 1. The van der Waals surface area contributed by atoms with Crippen LogP contribution in [0.25, 0.3) is 0 Å². The Balaban J connectivity index is 2.15. The topological polar surface area (TPSA) is 64.4 Å². The van der Waals surface area contributed by atoms with Gasteiger partial charge in [0.05, 0.1) is 11.7 Å². The maximum absolute atomic E-state index is 12.1. The van der Waals surface area contributed by atoms with Gasteiger partial charge in [0, 0.05) is 18.3 Å². The van der Waals surface area contributed by atoms with Gasteiger partial charge < -0.3 is 15.8 Å². The van der Waals surface area contributed by atoms with E-state index in [0.29, 0.717) is 23.5 Å². The van der Waals surface area contributed by atoms with Gasteiger partial charge >= 0.3 is 0 Å². The number of anilines is 1. The van der Waals surface area contributed by atoms with Gasteiger partial charge in [0.15, 0.2) is 0 Å². The third-order valence-electron chi connectivity index (χ3n) is 3.68. The average Bonchev–Trinajstić information content (AvgIpc) is 2.68. The van der Waals surface area contributed by atoms with Crippen molar-refractivity contribution in [1.82, 2.24) is 5.32 Å². The van der Waals surface area contributed by atoms with Crippen LogP contribution in [-0.2, 0) is 0 Å². The Morgan fingerprint density at radius 3 is 2.65 bits per heavy atom. The predicted octanol–water partition coefficient (Wildman–Crippen LogP) is 3.12. The number of carbonyl (C=O) groups excluding carboxylic acids is 1. The number of amides is 1. The number of benzene rings is 1. The highest BCUT2D eigenvalue weighted by Gasteiger charge is 2.18. The Labute approximate surface area is 120 Å². The van der Waals surface area contributed by atoms with Crippen LogP contribution in [0.2, 0.25) is 0 Å². The molecule has 0 aromatic heterocycles. The molecule has 20 heavy (non-hydrogen) atoms. The van der Waals surface area contributed by atoms with Crippen molar-refractivity contribution in [3.63, 3.8) is 0 Å².